The summed E-state index contributed by atoms with van der Waals surface area (Å²) < 4.78 is 17.5. The average molecular weight is 518 g/mol. The number of anilines is 3. The van der Waals surface area contributed by atoms with E-state index in [4.69, 9.17) is 9.97 Å². The van der Waals surface area contributed by atoms with E-state index in [9.17, 15) is 5.11 Å². The molecule has 9 heteroatoms. The minimum atomic E-state index is -1.07. The topological polar surface area (TPSA) is 82.3 Å². The molecule has 1 aromatic carbocycles. The number of nitrogens with zero attached hydrogens (tertiary/aromatic N) is 6. The van der Waals surface area contributed by atoms with Crippen LogP contribution in [0.2, 0.25) is 0 Å². The van der Waals surface area contributed by atoms with Gasteiger partial charge in [-0.05, 0) is 64.6 Å². The van der Waals surface area contributed by atoms with Gasteiger partial charge in [0.1, 0.15) is 11.4 Å². The summed E-state index contributed by atoms with van der Waals surface area (Å²) in [6.07, 6.45) is 3.58. The van der Waals surface area contributed by atoms with Crippen molar-refractivity contribution >= 4 is 28.4 Å². The molecule has 200 valence electrons. The molecule has 3 aromatic heterocycles. The fraction of sp³-hybridized carbons (Fsp3) is 0.414. The lowest BCUT2D eigenvalue weighted by Gasteiger charge is -2.34. The molecule has 0 spiro atoms. The van der Waals surface area contributed by atoms with E-state index >= 15 is 4.39 Å². The number of nitrogens with one attached hydrogen (secondary N) is 1. The summed E-state index contributed by atoms with van der Waals surface area (Å²) in [5, 5.41) is 14.7. The molecule has 8 nitrogen and oxygen atoms in total. The molecule has 4 aromatic rings. The SMILES string of the molecule is CCCc1cc2cnc(Nc3ccc(N4CCN(C)CC4)c(F)c3C)nc2n1-c1cccc(C(C)(C)O)n1. The number of rotatable bonds is 7. The molecule has 38 heavy (non-hydrogen) atoms. The van der Waals surface area contributed by atoms with Crippen molar-refractivity contribution in [2.24, 2.45) is 0 Å². The van der Waals surface area contributed by atoms with E-state index in [1.165, 1.54) is 0 Å². The van der Waals surface area contributed by atoms with Gasteiger partial charge in [0.15, 0.2) is 11.5 Å². The van der Waals surface area contributed by atoms with E-state index in [1.807, 2.05) is 34.9 Å². The Bertz CT molecular complexity index is 1450. The highest BCUT2D eigenvalue weighted by Gasteiger charge is 2.22. The number of aromatic nitrogens is 4. The Morgan fingerprint density at radius 2 is 1.84 bits per heavy atom. The maximum absolute atomic E-state index is 15.4. The smallest absolute Gasteiger partial charge is 0.229 e. The van der Waals surface area contributed by atoms with Crippen LogP contribution < -0.4 is 10.2 Å². The first kappa shape index (κ1) is 26.1. The summed E-state index contributed by atoms with van der Waals surface area (Å²) in [6, 6.07) is 11.4. The molecule has 0 amide bonds. The lowest BCUT2D eigenvalue weighted by Crippen LogP contribution is -2.44. The zero-order valence-corrected chi connectivity index (χ0v) is 22.8. The molecule has 4 heterocycles. The standard InChI is InChI=1S/C29H36FN7O/c1-6-8-21-17-20-18-31-28(34-27(20)37(21)25-10-7-9-24(33-25)29(3,4)38)32-22-11-12-23(26(30)19(22)2)36-15-13-35(5)14-16-36/h7,9-12,17-18,38H,6,8,13-16H2,1-5H3,(H,31,32,34). The number of aliphatic hydroxyl groups is 1. The van der Waals surface area contributed by atoms with Gasteiger partial charge >= 0.3 is 0 Å². The second kappa shape index (κ2) is 10.3. The number of pyridine rings is 1. The van der Waals surface area contributed by atoms with Crippen LogP contribution in [0, 0.1) is 12.7 Å². The van der Waals surface area contributed by atoms with E-state index in [0.29, 0.717) is 40.0 Å². The number of fused-ring (bicyclic) bond motifs is 1. The quantitative estimate of drug-likeness (QED) is 0.359. The lowest BCUT2D eigenvalue weighted by molar-refractivity contribution is 0.0738. The van der Waals surface area contributed by atoms with Gasteiger partial charge in [-0.3, -0.25) is 4.57 Å². The highest BCUT2D eigenvalue weighted by atomic mass is 19.1. The van der Waals surface area contributed by atoms with Gasteiger partial charge in [0.05, 0.1) is 11.4 Å². The van der Waals surface area contributed by atoms with E-state index in [1.54, 1.807) is 27.0 Å². The Hall–Kier alpha value is -3.56. The van der Waals surface area contributed by atoms with Gasteiger partial charge in [0.2, 0.25) is 5.95 Å². The Balaban J connectivity index is 1.51. The highest BCUT2D eigenvalue weighted by Crippen LogP contribution is 2.31. The predicted molar refractivity (Wildman–Crippen MR) is 150 cm³/mol. The van der Waals surface area contributed by atoms with Crippen LogP contribution in [0.25, 0.3) is 16.9 Å². The number of hydrogen-bond donors (Lipinski definition) is 2. The van der Waals surface area contributed by atoms with Crippen molar-refractivity contribution < 1.29 is 9.50 Å². The molecule has 2 N–H and O–H groups in total. The third-order valence-corrected chi connectivity index (χ3v) is 7.17. The molecule has 1 aliphatic rings. The van der Waals surface area contributed by atoms with Crippen molar-refractivity contribution in [1.29, 1.82) is 0 Å². The van der Waals surface area contributed by atoms with Crippen molar-refractivity contribution in [3.63, 3.8) is 0 Å². The Morgan fingerprint density at radius 1 is 1.08 bits per heavy atom. The summed E-state index contributed by atoms with van der Waals surface area (Å²) in [5.41, 5.74) is 3.09. The molecular weight excluding hydrogens is 481 g/mol. The van der Waals surface area contributed by atoms with Crippen molar-refractivity contribution in [3.05, 3.63) is 65.4 Å². The number of aryl methyl sites for hydroxylation is 1. The first-order valence-corrected chi connectivity index (χ1v) is 13.2. The Kier molecular flexibility index (Phi) is 7.07. The second-order valence-electron chi connectivity index (χ2n) is 10.6. The summed E-state index contributed by atoms with van der Waals surface area (Å²) in [6.45, 7) is 10.8. The monoisotopic (exact) mass is 517 g/mol. The second-order valence-corrected chi connectivity index (χ2v) is 10.6. The Morgan fingerprint density at radius 3 is 2.55 bits per heavy atom. The van der Waals surface area contributed by atoms with Crippen molar-refractivity contribution in [3.8, 4) is 5.82 Å². The molecular formula is C29H36FN7O. The van der Waals surface area contributed by atoms with Crippen LogP contribution in [-0.2, 0) is 12.0 Å². The fourth-order valence-electron chi connectivity index (χ4n) is 4.91. The zero-order chi connectivity index (χ0) is 27.0. The van der Waals surface area contributed by atoms with Crippen molar-refractivity contribution in [1.82, 2.24) is 24.4 Å². The van der Waals surface area contributed by atoms with E-state index < -0.39 is 5.60 Å². The van der Waals surface area contributed by atoms with Gasteiger partial charge in [-0.25, -0.2) is 14.4 Å². The molecule has 1 aliphatic heterocycles. The predicted octanol–water partition coefficient (Wildman–Crippen LogP) is 4.94. The molecule has 0 unspecified atom stereocenters. The summed E-state index contributed by atoms with van der Waals surface area (Å²) in [7, 11) is 2.09. The average Bonchev–Trinajstić information content (AvgIpc) is 3.25. The first-order valence-electron chi connectivity index (χ1n) is 13.2. The summed E-state index contributed by atoms with van der Waals surface area (Å²) in [4.78, 5) is 18.5. The maximum atomic E-state index is 15.4. The van der Waals surface area contributed by atoms with Crippen LogP contribution in [0.15, 0.2) is 42.6 Å². The van der Waals surface area contributed by atoms with Crippen LogP contribution in [0.5, 0.6) is 0 Å². The minimum Gasteiger partial charge on any atom is -0.384 e. The van der Waals surface area contributed by atoms with Gasteiger partial charge in [0, 0.05) is 54.7 Å². The van der Waals surface area contributed by atoms with Crippen LogP contribution in [-0.4, -0.2) is 62.8 Å². The summed E-state index contributed by atoms with van der Waals surface area (Å²) in [5.74, 6) is 0.849. The molecule has 0 radical (unpaired) electrons. The maximum Gasteiger partial charge on any atom is 0.229 e. The van der Waals surface area contributed by atoms with E-state index in [0.717, 1.165) is 50.1 Å². The van der Waals surface area contributed by atoms with Crippen LogP contribution in [0.3, 0.4) is 0 Å². The van der Waals surface area contributed by atoms with Crippen LogP contribution in [0.1, 0.15) is 44.1 Å². The molecule has 0 saturated carbocycles. The van der Waals surface area contributed by atoms with Gasteiger partial charge in [0.25, 0.3) is 0 Å². The molecule has 1 fully saturated rings. The summed E-state index contributed by atoms with van der Waals surface area (Å²) >= 11 is 0. The Labute approximate surface area is 223 Å². The number of hydrogen-bond acceptors (Lipinski definition) is 7. The van der Waals surface area contributed by atoms with Gasteiger partial charge in [-0.2, -0.15) is 4.98 Å². The first-order chi connectivity index (χ1) is 18.2. The normalized spacial score (nSPS) is 14.9. The molecule has 5 rings (SSSR count). The molecule has 0 bridgehead atoms. The number of piperazine rings is 1. The zero-order valence-electron chi connectivity index (χ0n) is 22.8. The number of halogens is 1. The van der Waals surface area contributed by atoms with Crippen LogP contribution in [0.4, 0.5) is 21.7 Å². The van der Waals surface area contributed by atoms with Crippen molar-refractivity contribution in [2.45, 2.75) is 46.1 Å². The third kappa shape index (κ3) is 5.08. The van der Waals surface area contributed by atoms with Crippen molar-refractivity contribution in [2.75, 3.05) is 43.4 Å². The number of likely N-dealkylation sites (N-methyl/N-ethyl adjacent to an activating group) is 1. The van der Waals surface area contributed by atoms with E-state index in [-0.39, 0.29) is 5.82 Å². The lowest BCUT2D eigenvalue weighted by atomic mass is 10.1. The largest absolute Gasteiger partial charge is 0.384 e. The van der Waals surface area contributed by atoms with E-state index in [2.05, 4.69) is 40.1 Å². The highest BCUT2D eigenvalue weighted by molar-refractivity contribution is 5.80. The number of benzene rings is 1. The minimum absolute atomic E-state index is 0.220. The van der Waals surface area contributed by atoms with Gasteiger partial charge < -0.3 is 20.2 Å². The fourth-order valence-corrected chi connectivity index (χ4v) is 4.91. The molecule has 0 aliphatic carbocycles. The molecule has 1 saturated heterocycles. The van der Waals surface area contributed by atoms with Crippen LogP contribution >= 0.6 is 0 Å². The van der Waals surface area contributed by atoms with Gasteiger partial charge in [-0.1, -0.05) is 19.4 Å². The van der Waals surface area contributed by atoms with Gasteiger partial charge in [-0.15, -0.1) is 0 Å². The third-order valence-electron chi connectivity index (χ3n) is 7.17. The molecule has 0 atom stereocenters.